The molecule has 9 aromatic carbocycles. The molecule has 0 bridgehead atoms. The maximum Gasteiger partial charge on any atom is 0.0640 e. The van der Waals surface area contributed by atoms with Crippen LogP contribution in [0.25, 0.3) is 75.1 Å². The topological polar surface area (TPSA) is 3.24 Å². The molecule has 1 heterocycles. The zero-order chi connectivity index (χ0) is 34.4. The van der Waals surface area contributed by atoms with Crippen LogP contribution in [0, 0.1) is 0 Å². The van der Waals surface area contributed by atoms with Gasteiger partial charge in [0, 0.05) is 32.2 Å². The van der Waals surface area contributed by atoms with Crippen LogP contribution >= 0.6 is 11.3 Å². The maximum absolute atomic E-state index is 2.44. The molecule has 0 saturated carbocycles. The van der Waals surface area contributed by atoms with Gasteiger partial charge in [0.25, 0.3) is 0 Å². The zero-order valence-electron chi connectivity index (χ0n) is 28.4. The summed E-state index contributed by atoms with van der Waals surface area (Å²) in [6.45, 7) is 0. The quantitative estimate of drug-likeness (QED) is 0.169. The monoisotopic (exact) mass is 679 g/mol. The molecule has 0 aliphatic rings. The van der Waals surface area contributed by atoms with E-state index < -0.39 is 0 Å². The number of rotatable bonds is 6. The number of benzene rings is 9. The molecular weight excluding hydrogens is 647 g/mol. The van der Waals surface area contributed by atoms with Crippen molar-refractivity contribution in [3.05, 3.63) is 200 Å². The predicted octanol–water partition coefficient (Wildman–Crippen LogP) is 14.8. The van der Waals surface area contributed by atoms with Crippen molar-refractivity contribution in [2.24, 2.45) is 0 Å². The number of fused-ring (bicyclic) bond motifs is 6. The van der Waals surface area contributed by atoms with Gasteiger partial charge in [-0.15, -0.1) is 11.3 Å². The standard InChI is InChI=1S/C50H33NS/c1-3-12-34(13-4-1)36-22-24-37(25-23-36)38-26-29-41(30-27-38)51(42-31-28-35-14-7-8-17-40(35)32-42)48-21-11-20-45-47-33-46(39-15-5-2-6-16-39)43-18-9-10-19-44(43)49(47)52-50(45)48/h1-33H. The molecule has 0 aliphatic heterocycles. The largest absolute Gasteiger partial charge is 0.309 e. The van der Waals surface area contributed by atoms with Crippen LogP contribution in [0.15, 0.2) is 200 Å². The summed E-state index contributed by atoms with van der Waals surface area (Å²) in [5.74, 6) is 0. The summed E-state index contributed by atoms with van der Waals surface area (Å²) in [7, 11) is 0. The Hall–Kier alpha value is -6.48. The molecule has 244 valence electrons. The SMILES string of the molecule is c1ccc(-c2ccc(-c3ccc(N(c4ccc5ccccc5c4)c4cccc5c4sc4c6ccccc6c(-c6ccccc6)cc54)cc3)cc2)cc1. The number of nitrogens with zero attached hydrogens (tertiary/aromatic N) is 1. The van der Waals surface area contributed by atoms with Crippen LogP contribution in [0.1, 0.15) is 0 Å². The number of hydrogen-bond donors (Lipinski definition) is 0. The van der Waals surface area contributed by atoms with Gasteiger partial charge in [0.1, 0.15) is 0 Å². The molecule has 1 aromatic heterocycles. The van der Waals surface area contributed by atoms with Gasteiger partial charge in [-0.05, 0) is 85.9 Å². The van der Waals surface area contributed by atoms with Crippen molar-refractivity contribution in [3.8, 4) is 33.4 Å². The minimum atomic E-state index is 1.12. The average Bonchev–Trinajstić information content (AvgIpc) is 3.61. The van der Waals surface area contributed by atoms with Crippen LogP contribution in [0.3, 0.4) is 0 Å². The van der Waals surface area contributed by atoms with Crippen molar-refractivity contribution in [1.29, 1.82) is 0 Å². The summed E-state index contributed by atoms with van der Waals surface area (Å²) in [6.07, 6.45) is 0. The molecule has 1 nitrogen and oxygen atoms in total. The third-order valence-electron chi connectivity index (χ3n) is 10.3. The van der Waals surface area contributed by atoms with Crippen LogP contribution in [0.4, 0.5) is 17.1 Å². The Balaban J connectivity index is 1.14. The first-order valence-corrected chi connectivity index (χ1v) is 18.6. The molecule has 2 heteroatoms. The van der Waals surface area contributed by atoms with E-state index in [0.717, 1.165) is 11.4 Å². The molecule has 0 spiro atoms. The molecular formula is C50H33NS. The minimum Gasteiger partial charge on any atom is -0.309 e. The second-order valence-corrected chi connectivity index (χ2v) is 14.3. The molecule has 0 atom stereocenters. The van der Waals surface area contributed by atoms with Crippen molar-refractivity contribution >= 4 is 70.1 Å². The molecule has 0 unspecified atom stereocenters. The fourth-order valence-electron chi connectivity index (χ4n) is 7.67. The van der Waals surface area contributed by atoms with E-state index in [9.17, 15) is 0 Å². The molecule has 0 aliphatic carbocycles. The van der Waals surface area contributed by atoms with E-state index >= 15 is 0 Å². The number of thiophene rings is 1. The Morgan fingerprint density at radius 3 is 1.54 bits per heavy atom. The summed E-state index contributed by atoms with van der Waals surface area (Å²) in [4.78, 5) is 2.44. The minimum absolute atomic E-state index is 1.12. The lowest BCUT2D eigenvalue weighted by Crippen LogP contribution is -2.10. The fourth-order valence-corrected chi connectivity index (χ4v) is 8.99. The molecule has 0 radical (unpaired) electrons. The molecule has 0 fully saturated rings. The van der Waals surface area contributed by atoms with E-state index in [4.69, 9.17) is 0 Å². The van der Waals surface area contributed by atoms with Crippen molar-refractivity contribution < 1.29 is 0 Å². The maximum atomic E-state index is 2.44. The molecule has 0 N–H and O–H groups in total. The van der Waals surface area contributed by atoms with Crippen LogP contribution in [0.2, 0.25) is 0 Å². The van der Waals surface area contributed by atoms with Gasteiger partial charge in [0.05, 0.1) is 10.4 Å². The highest BCUT2D eigenvalue weighted by Crippen LogP contribution is 2.48. The smallest absolute Gasteiger partial charge is 0.0640 e. The summed E-state index contributed by atoms with van der Waals surface area (Å²) >= 11 is 1.90. The van der Waals surface area contributed by atoms with Crippen LogP contribution < -0.4 is 4.90 Å². The van der Waals surface area contributed by atoms with E-state index in [-0.39, 0.29) is 0 Å². The van der Waals surface area contributed by atoms with Crippen molar-refractivity contribution in [3.63, 3.8) is 0 Å². The van der Waals surface area contributed by atoms with Gasteiger partial charge in [0.2, 0.25) is 0 Å². The van der Waals surface area contributed by atoms with Gasteiger partial charge in [-0.2, -0.15) is 0 Å². The lowest BCUT2D eigenvalue weighted by atomic mass is 9.95. The van der Waals surface area contributed by atoms with Gasteiger partial charge in [-0.3, -0.25) is 0 Å². The average molecular weight is 680 g/mol. The summed E-state index contributed by atoms with van der Waals surface area (Å²) in [5.41, 5.74) is 10.8. The Bertz CT molecular complexity index is 2870. The number of anilines is 3. The van der Waals surface area contributed by atoms with E-state index in [1.807, 2.05) is 11.3 Å². The normalized spacial score (nSPS) is 11.5. The highest BCUT2D eigenvalue weighted by Gasteiger charge is 2.20. The highest BCUT2D eigenvalue weighted by molar-refractivity contribution is 7.27. The van der Waals surface area contributed by atoms with Gasteiger partial charge in [0.15, 0.2) is 0 Å². The summed E-state index contributed by atoms with van der Waals surface area (Å²) in [6, 6.07) is 72.8. The Morgan fingerprint density at radius 1 is 0.308 bits per heavy atom. The highest BCUT2D eigenvalue weighted by atomic mass is 32.1. The lowest BCUT2D eigenvalue weighted by Gasteiger charge is -2.26. The van der Waals surface area contributed by atoms with Gasteiger partial charge >= 0.3 is 0 Å². The Morgan fingerprint density at radius 2 is 0.827 bits per heavy atom. The zero-order valence-corrected chi connectivity index (χ0v) is 29.2. The predicted molar refractivity (Wildman–Crippen MR) is 225 cm³/mol. The van der Waals surface area contributed by atoms with E-state index in [0.29, 0.717) is 0 Å². The van der Waals surface area contributed by atoms with Crippen LogP contribution in [-0.2, 0) is 0 Å². The Kier molecular flexibility index (Phi) is 7.41. The van der Waals surface area contributed by atoms with Gasteiger partial charge in [-0.25, -0.2) is 0 Å². The van der Waals surface area contributed by atoms with Crippen molar-refractivity contribution in [2.45, 2.75) is 0 Å². The third-order valence-corrected chi connectivity index (χ3v) is 11.5. The summed E-state index contributed by atoms with van der Waals surface area (Å²) in [5, 5.41) is 7.62. The Labute approximate surface area is 307 Å². The lowest BCUT2D eigenvalue weighted by molar-refractivity contribution is 1.31. The molecule has 52 heavy (non-hydrogen) atoms. The fraction of sp³-hybridized carbons (Fsp3) is 0. The van der Waals surface area contributed by atoms with Crippen LogP contribution in [-0.4, -0.2) is 0 Å². The molecule has 10 aromatic rings. The molecule has 0 saturated heterocycles. The second kappa shape index (κ2) is 12.7. The van der Waals surface area contributed by atoms with E-state index in [2.05, 4.69) is 205 Å². The van der Waals surface area contributed by atoms with Crippen molar-refractivity contribution in [2.75, 3.05) is 4.90 Å². The molecule has 0 amide bonds. The van der Waals surface area contributed by atoms with E-state index in [1.165, 1.54) is 80.8 Å². The van der Waals surface area contributed by atoms with Gasteiger partial charge < -0.3 is 4.90 Å². The van der Waals surface area contributed by atoms with Gasteiger partial charge in [-0.1, -0.05) is 164 Å². The first kappa shape index (κ1) is 30.4. The van der Waals surface area contributed by atoms with E-state index in [1.54, 1.807) is 0 Å². The first-order valence-electron chi connectivity index (χ1n) is 17.8. The first-order chi connectivity index (χ1) is 25.8. The number of hydrogen-bond acceptors (Lipinski definition) is 2. The molecule has 10 rings (SSSR count). The summed E-state index contributed by atoms with van der Waals surface area (Å²) < 4.78 is 2.60. The van der Waals surface area contributed by atoms with Crippen LogP contribution in [0.5, 0.6) is 0 Å². The van der Waals surface area contributed by atoms with Crippen molar-refractivity contribution in [1.82, 2.24) is 0 Å². The second-order valence-electron chi connectivity index (χ2n) is 13.3. The third kappa shape index (κ3) is 5.24.